The van der Waals surface area contributed by atoms with Crippen LogP contribution in [0.3, 0.4) is 0 Å². The Morgan fingerprint density at radius 3 is 2.60 bits per heavy atom. The van der Waals surface area contributed by atoms with Gasteiger partial charge in [-0.25, -0.2) is 0 Å². The molecule has 0 aliphatic carbocycles. The van der Waals surface area contributed by atoms with E-state index < -0.39 is 0 Å². The summed E-state index contributed by atoms with van der Waals surface area (Å²) in [6.45, 7) is 4.63. The van der Waals surface area contributed by atoms with Gasteiger partial charge in [0.25, 0.3) is 0 Å². The molecule has 0 radical (unpaired) electrons. The molecule has 0 fully saturated rings. The average Bonchev–Trinajstić information content (AvgIpc) is 2.62. The number of amides is 1. The summed E-state index contributed by atoms with van der Waals surface area (Å²) in [6.07, 6.45) is 4.19. The molecule has 0 bridgehead atoms. The molecule has 25 heavy (non-hydrogen) atoms. The number of nitrogens with one attached hydrogen (secondary N) is 1. The normalized spacial score (nSPS) is 10.7. The van der Waals surface area contributed by atoms with E-state index in [1.165, 1.54) is 13.2 Å². The zero-order valence-electron chi connectivity index (χ0n) is 14.6. The molecule has 2 aromatic carbocycles. The first-order valence-corrected chi connectivity index (χ1v) is 8.47. The SMILES string of the molecule is CCCOc1ccc(/C=C/C(=O)Nc2cc(C)c(Cl)cc2OC)cc1. The van der Waals surface area contributed by atoms with Crippen LogP contribution in [-0.4, -0.2) is 19.6 Å². The maximum absolute atomic E-state index is 12.1. The lowest BCUT2D eigenvalue weighted by Crippen LogP contribution is -2.09. The third-order valence-corrected chi connectivity index (χ3v) is 3.93. The van der Waals surface area contributed by atoms with E-state index in [2.05, 4.69) is 12.2 Å². The molecular formula is C20H22ClNO3. The first kappa shape index (κ1) is 18.9. The number of carbonyl (C=O) groups excluding carboxylic acids is 1. The second-order valence-corrected chi connectivity index (χ2v) is 5.95. The third kappa shape index (κ3) is 5.54. The van der Waals surface area contributed by atoms with Crippen LogP contribution < -0.4 is 14.8 Å². The maximum Gasteiger partial charge on any atom is 0.248 e. The number of halogens is 1. The molecule has 2 rings (SSSR count). The van der Waals surface area contributed by atoms with Gasteiger partial charge in [-0.15, -0.1) is 0 Å². The van der Waals surface area contributed by atoms with Crippen molar-refractivity contribution in [3.8, 4) is 11.5 Å². The fraction of sp³-hybridized carbons (Fsp3) is 0.250. The molecule has 1 N–H and O–H groups in total. The van der Waals surface area contributed by atoms with Crippen molar-refractivity contribution >= 4 is 29.3 Å². The van der Waals surface area contributed by atoms with Gasteiger partial charge in [0.05, 0.1) is 19.4 Å². The largest absolute Gasteiger partial charge is 0.495 e. The molecule has 0 aromatic heterocycles. The van der Waals surface area contributed by atoms with Crippen molar-refractivity contribution in [3.63, 3.8) is 0 Å². The van der Waals surface area contributed by atoms with Crippen molar-refractivity contribution in [3.05, 3.63) is 58.6 Å². The molecule has 4 nitrogen and oxygen atoms in total. The summed E-state index contributed by atoms with van der Waals surface area (Å²) in [7, 11) is 1.54. The summed E-state index contributed by atoms with van der Waals surface area (Å²) in [5, 5.41) is 3.40. The molecule has 1 amide bonds. The van der Waals surface area contributed by atoms with Crippen molar-refractivity contribution in [2.75, 3.05) is 19.0 Å². The first-order valence-electron chi connectivity index (χ1n) is 8.09. The minimum absolute atomic E-state index is 0.244. The first-order chi connectivity index (χ1) is 12.0. The molecule has 0 aliphatic heterocycles. The molecule has 0 unspecified atom stereocenters. The van der Waals surface area contributed by atoms with Gasteiger partial charge in [0.2, 0.25) is 5.91 Å². The zero-order chi connectivity index (χ0) is 18.2. The number of hydrogen-bond donors (Lipinski definition) is 1. The molecule has 0 aliphatic rings. The number of carbonyl (C=O) groups is 1. The highest BCUT2D eigenvalue weighted by Crippen LogP contribution is 2.30. The van der Waals surface area contributed by atoms with Crippen LogP contribution in [0.2, 0.25) is 5.02 Å². The molecule has 0 heterocycles. The van der Waals surface area contributed by atoms with E-state index in [-0.39, 0.29) is 5.91 Å². The van der Waals surface area contributed by atoms with Crippen molar-refractivity contribution in [2.45, 2.75) is 20.3 Å². The lowest BCUT2D eigenvalue weighted by molar-refractivity contribution is -0.111. The predicted octanol–water partition coefficient (Wildman–Crippen LogP) is 5.10. The predicted molar refractivity (Wildman–Crippen MR) is 103 cm³/mol. The summed E-state index contributed by atoms with van der Waals surface area (Å²) in [5.41, 5.74) is 2.37. The van der Waals surface area contributed by atoms with Gasteiger partial charge in [-0.2, -0.15) is 0 Å². The molecule has 0 saturated heterocycles. The molecule has 2 aromatic rings. The van der Waals surface area contributed by atoms with Crippen molar-refractivity contribution < 1.29 is 14.3 Å². The van der Waals surface area contributed by atoms with E-state index >= 15 is 0 Å². The van der Waals surface area contributed by atoms with Crippen molar-refractivity contribution in [1.29, 1.82) is 0 Å². The van der Waals surface area contributed by atoms with Crippen LogP contribution in [0.15, 0.2) is 42.5 Å². The fourth-order valence-corrected chi connectivity index (χ4v) is 2.32. The van der Waals surface area contributed by atoms with E-state index in [1.54, 1.807) is 18.2 Å². The van der Waals surface area contributed by atoms with Gasteiger partial charge in [-0.1, -0.05) is 30.7 Å². The highest BCUT2D eigenvalue weighted by Gasteiger charge is 2.08. The monoisotopic (exact) mass is 359 g/mol. The number of benzene rings is 2. The standard InChI is InChI=1S/C20H22ClNO3/c1-4-11-25-16-8-5-15(6-9-16)7-10-20(23)22-18-12-14(2)17(21)13-19(18)24-3/h5-10,12-13H,4,11H2,1-3H3,(H,22,23)/b10-7+. The summed E-state index contributed by atoms with van der Waals surface area (Å²) in [6, 6.07) is 11.1. The molecule has 5 heteroatoms. The van der Waals surface area contributed by atoms with E-state index in [4.69, 9.17) is 21.1 Å². The second kappa shape index (κ2) is 9.14. The summed E-state index contributed by atoms with van der Waals surface area (Å²) < 4.78 is 10.8. The van der Waals surface area contributed by atoms with Gasteiger partial charge in [0.15, 0.2) is 0 Å². The Labute approximate surface area is 153 Å². The van der Waals surface area contributed by atoms with E-state index in [0.29, 0.717) is 23.1 Å². The number of ether oxygens (including phenoxy) is 2. The summed E-state index contributed by atoms with van der Waals surface area (Å²) >= 11 is 6.07. The maximum atomic E-state index is 12.1. The smallest absolute Gasteiger partial charge is 0.248 e. The zero-order valence-corrected chi connectivity index (χ0v) is 15.4. The van der Waals surface area contributed by atoms with E-state index in [9.17, 15) is 4.79 Å². The number of anilines is 1. The van der Waals surface area contributed by atoms with Crippen LogP contribution in [0.4, 0.5) is 5.69 Å². The Balaban J connectivity index is 2.02. The molecule has 0 saturated carbocycles. The quantitative estimate of drug-likeness (QED) is 0.700. The Morgan fingerprint density at radius 1 is 1.24 bits per heavy atom. The van der Waals surface area contributed by atoms with Gasteiger partial charge in [0, 0.05) is 17.2 Å². The minimum atomic E-state index is -0.244. The van der Waals surface area contributed by atoms with Gasteiger partial charge in [-0.05, 0) is 48.7 Å². The van der Waals surface area contributed by atoms with Crippen LogP contribution >= 0.6 is 11.6 Å². The van der Waals surface area contributed by atoms with Gasteiger partial charge >= 0.3 is 0 Å². The molecule has 132 valence electrons. The van der Waals surface area contributed by atoms with E-state index in [1.807, 2.05) is 31.2 Å². The minimum Gasteiger partial charge on any atom is -0.495 e. The van der Waals surface area contributed by atoms with Crippen LogP contribution in [0.1, 0.15) is 24.5 Å². The summed E-state index contributed by atoms with van der Waals surface area (Å²) in [4.78, 5) is 12.1. The van der Waals surface area contributed by atoms with Crippen LogP contribution in [0.25, 0.3) is 6.08 Å². The lowest BCUT2D eigenvalue weighted by atomic mass is 10.2. The number of rotatable bonds is 7. The highest BCUT2D eigenvalue weighted by molar-refractivity contribution is 6.31. The Bertz CT molecular complexity index is 754. The Morgan fingerprint density at radius 2 is 1.96 bits per heavy atom. The Kier molecular flexibility index (Phi) is 6.90. The van der Waals surface area contributed by atoms with Gasteiger partial charge in [0.1, 0.15) is 11.5 Å². The number of methoxy groups -OCH3 is 1. The van der Waals surface area contributed by atoms with Gasteiger partial charge < -0.3 is 14.8 Å². The topological polar surface area (TPSA) is 47.6 Å². The lowest BCUT2D eigenvalue weighted by Gasteiger charge is -2.11. The highest BCUT2D eigenvalue weighted by atomic mass is 35.5. The fourth-order valence-electron chi connectivity index (χ4n) is 2.17. The van der Waals surface area contributed by atoms with Crippen molar-refractivity contribution in [1.82, 2.24) is 0 Å². The van der Waals surface area contributed by atoms with E-state index in [0.717, 1.165) is 23.3 Å². The van der Waals surface area contributed by atoms with Crippen molar-refractivity contribution in [2.24, 2.45) is 0 Å². The number of aryl methyl sites for hydroxylation is 1. The summed E-state index contributed by atoms with van der Waals surface area (Å²) in [5.74, 6) is 1.10. The Hall–Kier alpha value is -2.46. The van der Waals surface area contributed by atoms with Crippen LogP contribution in [0, 0.1) is 6.92 Å². The third-order valence-electron chi connectivity index (χ3n) is 3.52. The van der Waals surface area contributed by atoms with Gasteiger partial charge in [-0.3, -0.25) is 4.79 Å². The average molecular weight is 360 g/mol. The molecular weight excluding hydrogens is 338 g/mol. The second-order valence-electron chi connectivity index (χ2n) is 5.54. The number of hydrogen-bond acceptors (Lipinski definition) is 3. The molecule has 0 spiro atoms. The molecule has 0 atom stereocenters. The van der Waals surface area contributed by atoms with Crippen LogP contribution in [-0.2, 0) is 4.79 Å². The van der Waals surface area contributed by atoms with Crippen LogP contribution in [0.5, 0.6) is 11.5 Å².